The molecular formula is C24H13Cl2N3O5. The second kappa shape index (κ2) is 9.35. The van der Waals surface area contributed by atoms with E-state index < -0.39 is 30.3 Å². The summed E-state index contributed by atoms with van der Waals surface area (Å²) in [6.07, 6.45) is 0. The van der Waals surface area contributed by atoms with Crippen molar-refractivity contribution in [3.63, 3.8) is 0 Å². The number of carbonyl (C=O) groups is 4. The van der Waals surface area contributed by atoms with Crippen LogP contribution in [0.25, 0.3) is 0 Å². The summed E-state index contributed by atoms with van der Waals surface area (Å²) in [5.41, 5.74) is 0.956. The van der Waals surface area contributed by atoms with Crippen LogP contribution in [-0.4, -0.2) is 30.3 Å². The standard InChI is InChI=1S/C24H13Cl2N3O5/c25-18-3-1-2-4-20(18)29-22(31)16-8-6-13(9-17(16)23(29)32)24(33)34-12-21(30)28-15-7-5-14(11-27)19(26)10-15/h1-10H,12H2,(H,28,30). The Labute approximate surface area is 203 Å². The maximum Gasteiger partial charge on any atom is 0.338 e. The SMILES string of the molecule is N#Cc1ccc(NC(=O)COC(=O)c2ccc3c(c2)C(=O)N(c2ccccc2Cl)C3=O)cc1Cl. The van der Waals surface area contributed by atoms with Gasteiger partial charge in [-0.05, 0) is 48.5 Å². The van der Waals surface area contributed by atoms with E-state index in [0.29, 0.717) is 5.69 Å². The number of nitriles is 1. The minimum atomic E-state index is -0.854. The van der Waals surface area contributed by atoms with Crippen LogP contribution in [-0.2, 0) is 9.53 Å². The third kappa shape index (κ3) is 4.35. The number of nitrogens with zero attached hydrogens (tertiary/aromatic N) is 2. The highest BCUT2D eigenvalue weighted by Gasteiger charge is 2.38. The van der Waals surface area contributed by atoms with Crippen LogP contribution in [0.1, 0.15) is 36.6 Å². The van der Waals surface area contributed by atoms with Gasteiger partial charge in [0, 0.05) is 5.69 Å². The summed E-state index contributed by atoms with van der Waals surface area (Å²) in [6.45, 7) is -0.605. The Morgan fingerprint density at radius 1 is 0.941 bits per heavy atom. The van der Waals surface area contributed by atoms with Crippen molar-refractivity contribution in [2.45, 2.75) is 0 Å². The highest BCUT2D eigenvalue weighted by atomic mass is 35.5. The minimum absolute atomic E-state index is 0.00451. The quantitative estimate of drug-likeness (QED) is 0.414. The highest BCUT2D eigenvalue weighted by molar-refractivity contribution is 6.40. The maximum atomic E-state index is 12.9. The first-order chi connectivity index (χ1) is 16.3. The zero-order valence-electron chi connectivity index (χ0n) is 17.2. The Kier molecular flexibility index (Phi) is 6.32. The van der Waals surface area contributed by atoms with Crippen LogP contribution >= 0.6 is 23.2 Å². The van der Waals surface area contributed by atoms with Crippen molar-refractivity contribution >= 4 is 58.3 Å². The number of para-hydroxylation sites is 1. The number of esters is 1. The van der Waals surface area contributed by atoms with E-state index in [0.717, 1.165) is 4.90 Å². The van der Waals surface area contributed by atoms with Gasteiger partial charge < -0.3 is 10.1 Å². The molecule has 0 saturated carbocycles. The number of fused-ring (bicyclic) bond motifs is 1. The number of ether oxygens (including phenoxy) is 1. The summed E-state index contributed by atoms with van der Waals surface area (Å²) >= 11 is 12.1. The second-order valence-electron chi connectivity index (χ2n) is 7.09. The van der Waals surface area contributed by atoms with Gasteiger partial charge in [-0.25, -0.2) is 9.69 Å². The van der Waals surface area contributed by atoms with Crippen LogP contribution < -0.4 is 10.2 Å². The highest BCUT2D eigenvalue weighted by Crippen LogP contribution is 2.33. The van der Waals surface area contributed by atoms with Crippen molar-refractivity contribution in [3.05, 3.63) is 93.0 Å². The van der Waals surface area contributed by atoms with E-state index in [-0.39, 0.29) is 38.0 Å². The van der Waals surface area contributed by atoms with Gasteiger partial charge in [0.15, 0.2) is 6.61 Å². The van der Waals surface area contributed by atoms with Crippen molar-refractivity contribution in [2.75, 3.05) is 16.8 Å². The van der Waals surface area contributed by atoms with Gasteiger partial charge in [-0.1, -0.05) is 35.3 Å². The molecule has 0 atom stereocenters. The summed E-state index contributed by atoms with van der Waals surface area (Å²) in [5, 5.41) is 11.8. The van der Waals surface area contributed by atoms with Gasteiger partial charge in [-0.3, -0.25) is 14.4 Å². The lowest BCUT2D eigenvalue weighted by Gasteiger charge is -2.15. The topological polar surface area (TPSA) is 117 Å². The van der Waals surface area contributed by atoms with Crippen molar-refractivity contribution in [1.29, 1.82) is 5.26 Å². The van der Waals surface area contributed by atoms with Crippen LogP contribution in [0.5, 0.6) is 0 Å². The molecule has 0 saturated heterocycles. The van der Waals surface area contributed by atoms with Crippen LogP contribution in [0, 0.1) is 11.3 Å². The van der Waals surface area contributed by atoms with E-state index in [2.05, 4.69) is 5.32 Å². The van der Waals surface area contributed by atoms with Crippen LogP contribution in [0.2, 0.25) is 10.0 Å². The van der Waals surface area contributed by atoms with Crippen LogP contribution in [0.4, 0.5) is 11.4 Å². The van der Waals surface area contributed by atoms with Gasteiger partial charge in [0.25, 0.3) is 17.7 Å². The van der Waals surface area contributed by atoms with Crippen molar-refractivity contribution in [3.8, 4) is 6.07 Å². The monoisotopic (exact) mass is 493 g/mol. The summed E-state index contributed by atoms with van der Waals surface area (Å²) < 4.78 is 5.02. The van der Waals surface area contributed by atoms with Crippen molar-refractivity contribution < 1.29 is 23.9 Å². The van der Waals surface area contributed by atoms with Crippen molar-refractivity contribution in [2.24, 2.45) is 0 Å². The first kappa shape index (κ1) is 23.0. The molecule has 1 N–H and O–H groups in total. The molecular weight excluding hydrogens is 481 g/mol. The number of rotatable bonds is 5. The van der Waals surface area contributed by atoms with E-state index in [1.807, 2.05) is 6.07 Å². The van der Waals surface area contributed by atoms with Crippen LogP contribution in [0.15, 0.2) is 60.7 Å². The van der Waals surface area contributed by atoms with Crippen molar-refractivity contribution in [1.82, 2.24) is 0 Å². The second-order valence-corrected chi connectivity index (χ2v) is 7.90. The number of anilines is 2. The van der Waals surface area contributed by atoms with Gasteiger partial charge in [0.05, 0.1) is 38.0 Å². The molecule has 3 aromatic rings. The van der Waals surface area contributed by atoms with E-state index in [4.69, 9.17) is 33.2 Å². The van der Waals surface area contributed by atoms with E-state index in [1.54, 1.807) is 24.3 Å². The molecule has 34 heavy (non-hydrogen) atoms. The average molecular weight is 494 g/mol. The van der Waals surface area contributed by atoms with E-state index >= 15 is 0 Å². The number of hydrogen-bond donors (Lipinski definition) is 1. The molecule has 3 amide bonds. The molecule has 10 heteroatoms. The molecule has 1 aliphatic heterocycles. The molecule has 0 radical (unpaired) electrons. The number of hydrogen-bond acceptors (Lipinski definition) is 6. The molecule has 1 heterocycles. The van der Waals surface area contributed by atoms with E-state index in [9.17, 15) is 19.2 Å². The summed E-state index contributed by atoms with van der Waals surface area (Å²) in [5.74, 6) is -2.68. The molecule has 0 bridgehead atoms. The average Bonchev–Trinajstić information content (AvgIpc) is 3.07. The summed E-state index contributed by atoms with van der Waals surface area (Å²) in [7, 11) is 0. The Bertz CT molecular complexity index is 1410. The Morgan fingerprint density at radius 2 is 1.68 bits per heavy atom. The zero-order chi connectivity index (χ0) is 24.4. The Balaban J connectivity index is 1.44. The molecule has 3 aromatic carbocycles. The molecule has 1 aliphatic rings. The minimum Gasteiger partial charge on any atom is -0.452 e. The molecule has 0 aliphatic carbocycles. The fourth-order valence-electron chi connectivity index (χ4n) is 3.31. The fourth-order valence-corrected chi connectivity index (χ4v) is 3.76. The molecule has 0 aromatic heterocycles. The number of nitrogens with one attached hydrogen (secondary N) is 1. The van der Waals surface area contributed by atoms with Gasteiger partial charge in [-0.15, -0.1) is 0 Å². The Hall–Kier alpha value is -4.19. The third-order valence-corrected chi connectivity index (χ3v) is 5.56. The molecule has 168 valence electrons. The predicted molar refractivity (Wildman–Crippen MR) is 124 cm³/mol. The maximum absolute atomic E-state index is 12.9. The number of benzene rings is 3. The molecule has 0 spiro atoms. The summed E-state index contributed by atoms with van der Waals surface area (Å²) in [6, 6.07) is 16.6. The van der Waals surface area contributed by atoms with Crippen LogP contribution in [0.3, 0.4) is 0 Å². The molecule has 0 unspecified atom stereocenters. The zero-order valence-corrected chi connectivity index (χ0v) is 18.7. The summed E-state index contributed by atoms with van der Waals surface area (Å²) in [4.78, 5) is 51.1. The normalized spacial score (nSPS) is 12.2. The number of imide groups is 1. The largest absolute Gasteiger partial charge is 0.452 e. The number of amides is 3. The van der Waals surface area contributed by atoms with Gasteiger partial charge in [0.2, 0.25) is 0 Å². The lowest BCUT2D eigenvalue weighted by atomic mass is 10.1. The molecule has 4 rings (SSSR count). The first-order valence-corrected chi connectivity index (χ1v) is 10.5. The van der Waals surface area contributed by atoms with E-state index in [1.165, 1.54) is 36.4 Å². The third-order valence-electron chi connectivity index (χ3n) is 4.92. The molecule has 8 nitrogen and oxygen atoms in total. The molecule has 0 fully saturated rings. The number of halogens is 2. The Morgan fingerprint density at radius 3 is 2.38 bits per heavy atom. The lowest BCUT2D eigenvalue weighted by Crippen LogP contribution is -2.29. The smallest absolute Gasteiger partial charge is 0.338 e. The fraction of sp³-hybridized carbons (Fsp3) is 0.0417. The predicted octanol–water partition coefficient (Wildman–Crippen LogP) is 4.46. The van der Waals surface area contributed by atoms with Gasteiger partial charge in [-0.2, -0.15) is 5.26 Å². The first-order valence-electron chi connectivity index (χ1n) is 9.74. The van der Waals surface area contributed by atoms with Gasteiger partial charge in [0.1, 0.15) is 6.07 Å². The number of carbonyl (C=O) groups excluding carboxylic acids is 4. The lowest BCUT2D eigenvalue weighted by molar-refractivity contribution is -0.119. The van der Waals surface area contributed by atoms with Gasteiger partial charge >= 0.3 is 5.97 Å².